The van der Waals surface area contributed by atoms with Crippen molar-refractivity contribution in [3.05, 3.63) is 93.5 Å². The topological polar surface area (TPSA) is 67.1 Å². The summed E-state index contributed by atoms with van der Waals surface area (Å²) in [5.74, 6) is -0.216. The summed E-state index contributed by atoms with van der Waals surface area (Å²) < 4.78 is 14.7. The number of nitrogens with one attached hydrogen (secondary N) is 1. The van der Waals surface area contributed by atoms with Crippen LogP contribution in [0.4, 0.5) is 4.39 Å². The number of phenolic OH excluding ortho intramolecular Hbond substituents is 1. The second-order valence-electron chi connectivity index (χ2n) is 6.22. The molecule has 1 aromatic heterocycles. The van der Waals surface area contributed by atoms with Crippen LogP contribution in [-0.2, 0) is 6.54 Å². The van der Waals surface area contributed by atoms with Crippen LogP contribution in [0.3, 0.4) is 0 Å². The van der Waals surface area contributed by atoms with Gasteiger partial charge in [0.1, 0.15) is 17.1 Å². The third-order valence-corrected chi connectivity index (χ3v) is 4.59. The molecule has 0 amide bonds. The average molecular weight is 396 g/mol. The lowest BCUT2D eigenvalue weighted by Gasteiger charge is -2.16. The number of hydrogen-bond acceptors (Lipinski definition) is 4. The van der Waals surface area contributed by atoms with Crippen LogP contribution in [0.1, 0.15) is 5.56 Å². The predicted molar refractivity (Wildman–Crippen MR) is 108 cm³/mol. The van der Waals surface area contributed by atoms with E-state index in [4.69, 9.17) is 11.6 Å². The number of para-hydroxylation sites is 1. The molecule has 0 saturated heterocycles. The van der Waals surface area contributed by atoms with Crippen molar-refractivity contribution in [2.75, 3.05) is 5.43 Å². The third-order valence-electron chi connectivity index (χ3n) is 4.33. The number of aromatic nitrogens is 2. The second-order valence-corrected chi connectivity index (χ2v) is 6.65. The molecule has 5 nitrogen and oxygen atoms in total. The number of nitrogens with zero attached hydrogens (tertiary/aromatic N) is 2. The number of aromatic hydroxyl groups is 1. The highest BCUT2D eigenvalue weighted by Gasteiger charge is 2.15. The van der Waals surface area contributed by atoms with Gasteiger partial charge in [0.15, 0.2) is 5.82 Å². The number of halogens is 2. The summed E-state index contributed by atoms with van der Waals surface area (Å²) in [4.78, 5) is 17.5. The van der Waals surface area contributed by atoms with E-state index in [-0.39, 0.29) is 28.0 Å². The maximum absolute atomic E-state index is 13.3. The van der Waals surface area contributed by atoms with E-state index in [1.165, 1.54) is 35.0 Å². The van der Waals surface area contributed by atoms with Crippen LogP contribution in [-0.4, -0.2) is 14.8 Å². The smallest absolute Gasteiger partial charge is 0.280 e. The van der Waals surface area contributed by atoms with Crippen molar-refractivity contribution in [2.45, 2.75) is 6.54 Å². The SMILES string of the molecule is O=c1c2cccc(O)c2nc(-c2ccc(F)cc2)n1NCc1ccc(Cl)cc1. The molecule has 0 unspecified atom stereocenters. The minimum atomic E-state index is -0.393. The van der Waals surface area contributed by atoms with Crippen LogP contribution in [0, 0.1) is 5.82 Å². The van der Waals surface area contributed by atoms with E-state index in [9.17, 15) is 14.3 Å². The first-order valence-electron chi connectivity index (χ1n) is 8.52. The van der Waals surface area contributed by atoms with Gasteiger partial charge in [0.05, 0.1) is 11.9 Å². The van der Waals surface area contributed by atoms with E-state index in [2.05, 4.69) is 10.4 Å². The molecule has 0 radical (unpaired) electrons. The first kappa shape index (κ1) is 18.0. The van der Waals surface area contributed by atoms with Crippen molar-refractivity contribution < 1.29 is 9.50 Å². The Morgan fingerprint density at radius 2 is 1.75 bits per heavy atom. The fourth-order valence-corrected chi connectivity index (χ4v) is 3.03. The third kappa shape index (κ3) is 3.42. The Morgan fingerprint density at radius 3 is 2.46 bits per heavy atom. The number of hydrogen-bond donors (Lipinski definition) is 2. The molecule has 0 bridgehead atoms. The Kier molecular flexibility index (Phi) is 4.71. The van der Waals surface area contributed by atoms with Crippen LogP contribution in [0.15, 0.2) is 71.5 Å². The number of phenols is 1. The molecule has 0 spiro atoms. The van der Waals surface area contributed by atoms with Gasteiger partial charge in [-0.1, -0.05) is 29.8 Å². The fourth-order valence-electron chi connectivity index (χ4n) is 2.91. The van der Waals surface area contributed by atoms with Gasteiger partial charge in [-0.2, -0.15) is 0 Å². The van der Waals surface area contributed by atoms with E-state index in [0.29, 0.717) is 17.1 Å². The molecule has 7 heteroatoms. The maximum atomic E-state index is 13.3. The summed E-state index contributed by atoms with van der Waals surface area (Å²) in [6, 6.07) is 17.5. The molecule has 28 heavy (non-hydrogen) atoms. The van der Waals surface area contributed by atoms with Gasteiger partial charge in [-0.15, -0.1) is 0 Å². The molecular weight excluding hydrogens is 381 g/mol. The highest BCUT2D eigenvalue weighted by molar-refractivity contribution is 6.30. The lowest BCUT2D eigenvalue weighted by Crippen LogP contribution is -2.31. The fraction of sp³-hybridized carbons (Fsp3) is 0.0476. The van der Waals surface area contributed by atoms with Gasteiger partial charge in [-0.3, -0.25) is 4.79 Å². The average Bonchev–Trinajstić information content (AvgIpc) is 2.70. The lowest BCUT2D eigenvalue weighted by atomic mass is 10.1. The molecule has 1 heterocycles. The van der Waals surface area contributed by atoms with E-state index >= 15 is 0 Å². The van der Waals surface area contributed by atoms with Crippen molar-refractivity contribution in [2.24, 2.45) is 0 Å². The highest BCUT2D eigenvalue weighted by atomic mass is 35.5. The summed E-state index contributed by atoms with van der Waals surface area (Å²) in [6.45, 7) is 0.345. The Labute approximate surface area is 164 Å². The zero-order valence-electron chi connectivity index (χ0n) is 14.6. The molecule has 3 aromatic carbocycles. The van der Waals surface area contributed by atoms with Gasteiger partial charge in [-0.25, -0.2) is 14.1 Å². The van der Waals surface area contributed by atoms with Crippen LogP contribution in [0.2, 0.25) is 5.02 Å². The van der Waals surface area contributed by atoms with Crippen molar-refractivity contribution in [3.63, 3.8) is 0 Å². The zero-order chi connectivity index (χ0) is 19.7. The largest absolute Gasteiger partial charge is 0.506 e. The van der Waals surface area contributed by atoms with E-state index < -0.39 is 5.82 Å². The van der Waals surface area contributed by atoms with E-state index in [0.717, 1.165) is 5.56 Å². The monoisotopic (exact) mass is 395 g/mol. The van der Waals surface area contributed by atoms with Crippen LogP contribution in [0.5, 0.6) is 5.75 Å². The Morgan fingerprint density at radius 1 is 1.04 bits per heavy atom. The molecule has 140 valence electrons. The van der Waals surface area contributed by atoms with Crippen molar-refractivity contribution >= 4 is 22.5 Å². The molecule has 0 saturated carbocycles. The minimum Gasteiger partial charge on any atom is -0.506 e. The highest BCUT2D eigenvalue weighted by Crippen LogP contribution is 2.24. The van der Waals surface area contributed by atoms with Gasteiger partial charge in [0.2, 0.25) is 0 Å². The van der Waals surface area contributed by atoms with Crippen LogP contribution in [0.25, 0.3) is 22.3 Å². The van der Waals surface area contributed by atoms with Gasteiger partial charge < -0.3 is 10.5 Å². The van der Waals surface area contributed by atoms with Crippen molar-refractivity contribution in [1.82, 2.24) is 9.66 Å². The Bertz CT molecular complexity index is 1210. The Hall–Kier alpha value is -3.38. The molecule has 0 aliphatic rings. The summed E-state index contributed by atoms with van der Waals surface area (Å²) in [6.07, 6.45) is 0. The lowest BCUT2D eigenvalue weighted by molar-refractivity contribution is 0.480. The van der Waals surface area contributed by atoms with Crippen molar-refractivity contribution in [3.8, 4) is 17.1 Å². The summed E-state index contributed by atoms with van der Waals surface area (Å²) in [7, 11) is 0. The summed E-state index contributed by atoms with van der Waals surface area (Å²) >= 11 is 5.91. The standard InChI is InChI=1S/C21H15ClFN3O2/c22-15-8-4-13(5-9-15)12-24-26-20(14-6-10-16(23)11-7-14)25-19-17(21(26)28)2-1-3-18(19)27/h1-11,24,27H,12H2. The van der Waals surface area contributed by atoms with Crippen LogP contribution < -0.4 is 11.0 Å². The van der Waals surface area contributed by atoms with E-state index in [1.807, 2.05) is 12.1 Å². The molecule has 0 aliphatic heterocycles. The predicted octanol–water partition coefficient (Wildman–Crippen LogP) is 4.31. The molecule has 2 N–H and O–H groups in total. The molecule has 0 atom stereocenters. The molecule has 4 aromatic rings. The van der Waals surface area contributed by atoms with Crippen molar-refractivity contribution in [1.29, 1.82) is 0 Å². The first-order chi connectivity index (χ1) is 13.5. The van der Waals surface area contributed by atoms with Gasteiger partial charge in [0, 0.05) is 10.6 Å². The summed E-state index contributed by atoms with van der Waals surface area (Å²) in [5.41, 5.74) is 4.34. The normalized spacial score (nSPS) is 10.9. The number of rotatable bonds is 4. The molecule has 0 fully saturated rings. The first-order valence-corrected chi connectivity index (χ1v) is 8.90. The Balaban J connectivity index is 1.85. The molecule has 4 rings (SSSR count). The molecule has 0 aliphatic carbocycles. The number of benzene rings is 3. The zero-order valence-corrected chi connectivity index (χ0v) is 15.3. The minimum absolute atomic E-state index is 0.0946. The van der Waals surface area contributed by atoms with Gasteiger partial charge in [-0.05, 0) is 54.1 Å². The summed E-state index contributed by atoms with van der Waals surface area (Å²) in [5, 5.41) is 11.0. The van der Waals surface area contributed by atoms with Gasteiger partial charge in [0.25, 0.3) is 5.56 Å². The molecular formula is C21H15ClFN3O2. The quantitative estimate of drug-likeness (QED) is 0.540. The van der Waals surface area contributed by atoms with Gasteiger partial charge >= 0.3 is 0 Å². The number of fused-ring (bicyclic) bond motifs is 1. The second kappa shape index (κ2) is 7.32. The maximum Gasteiger partial charge on any atom is 0.280 e. The van der Waals surface area contributed by atoms with Crippen LogP contribution >= 0.6 is 11.6 Å². The van der Waals surface area contributed by atoms with E-state index in [1.54, 1.807) is 24.3 Å².